The zero-order valence-electron chi connectivity index (χ0n) is 11.5. The van der Waals surface area contributed by atoms with Crippen molar-refractivity contribution in [3.05, 3.63) is 29.3 Å². The lowest BCUT2D eigenvalue weighted by molar-refractivity contribution is 0.192. The summed E-state index contributed by atoms with van der Waals surface area (Å²) in [5, 5.41) is 22.2. The molecule has 3 rings (SSSR count). The predicted molar refractivity (Wildman–Crippen MR) is 81.5 cm³/mol. The fourth-order valence-electron chi connectivity index (χ4n) is 3.09. The lowest BCUT2D eigenvalue weighted by atomic mass is 9.97. The third-order valence-corrected chi connectivity index (χ3v) is 5.15. The molecule has 2 atom stereocenters. The smallest absolute Gasteiger partial charge is 0.0794 e. The van der Waals surface area contributed by atoms with E-state index in [-0.39, 0.29) is 0 Å². The van der Waals surface area contributed by atoms with Crippen LogP contribution in [0.15, 0.2) is 23.7 Å². The predicted octanol–water partition coefficient (Wildman–Crippen LogP) is 2.64. The molecule has 20 heavy (non-hydrogen) atoms. The van der Waals surface area contributed by atoms with E-state index in [9.17, 15) is 5.11 Å². The van der Waals surface area contributed by atoms with Gasteiger partial charge in [0.05, 0.1) is 16.8 Å². The van der Waals surface area contributed by atoms with Gasteiger partial charge in [0, 0.05) is 18.7 Å². The van der Waals surface area contributed by atoms with E-state index in [2.05, 4.69) is 33.0 Å². The molecule has 0 aliphatic heterocycles. The Bertz CT molecular complexity index is 523. The number of aliphatic hydroxyl groups excluding tert-OH is 1. The minimum Gasteiger partial charge on any atom is -0.396 e. The Kier molecular flexibility index (Phi) is 4.50. The minimum absolute atomic E-state index is 0.332. The molecule has 1 aliphatic rings. The first kappa shape index (κ1) is 13.8. The molecule has 0 amide bonds. The molecule has 0 radical (unpaired) electrons. The zero-order chi connectivity index (χ0) is 13.8. The molecule has 1 saturated carbocycles. The van der Waals surface area contributed by atoms with Crippen LogP contribution >= 0.6 is 11.3 Å². The van der Waals surface area contributed by atoms with Gasteiger partial charge in [0.25, 0.3) is 0 Å². The number of aromatic nitrogens is 2. The highest BCUT2D eigenvalue weighted by Gasteiger charge is 2.26. The maximum atomic E-state index is 9.35. The first-order valence-electron chi connectivity index (χ1n) is 7.26. The third-order valence-electron chi connectivity index (χ3n) is 4.26. The Morgan fingerprint density at radius 3 is 3.10 bits per heavy atom. The van der Waals surface area contributed by atoms with E-state index in [4.69, 9.17) is 0 Å². The second kappa shape index (κ2) is 6.52. The average molecular weight is 291 g/mol. The number of H-pyrrole nitrogens is 1. The highest BCUT2D eigenvalue weighted by molar-refractivity contribution is 7.13. The van der Waals surface area contributed by atoms with Crippen LogP contribution in [0.25, 0.3) is 10.6 Å². The van der Waals surface area contributed by atoms with Gasteiger partial charge in [-0.15, -0.1) is 11.3 Å². The number of aliphatic hydroxyl groups is 1. The first-order chi connectivity index (χ1) is 9.88. The topological polar surface area (TPSA) is 60.9 Å². The Labute approximate surface area is 123 Å². The molecule has 1 fully saturated rings. The quantitative estimate of drug-likeness (QED) is 0.767. The molecular formula is C15H21N3OS. The van der Waals surface area contributed by atoms with Crippen LogP contribution in [-0.4, -0.2) is 28.5 Å². The van der Waals surface area contributed by atoms with Crippen LogP contribution in [-0.2, 0) is 6.54 Å². The molecule has 2 unspecified atom stereocenters. The molecular weight excluding hydrogens is 270 g/mol. The number of hydrogen-bond donors (Lipinski definition) is 3. The molecule has 0 saturated heterocycles. The van der Waals surface area contributed by atoms with Crippen molar-refractivity contribution >= 4 is 11.3 Å². The van der Waals surface area contributed by atoms with Crippen LogP contribution in [0.3, 0.4) is 0 Å². The van der Waals surface area contributed by atoms with E-state index in [0.717, 1.165) is 18.8 Å². The molecule has 108 valence electrons. The molecule has 3 N–H and O–H groups in total. The van der Waals surface area contributed by atoms with Crippen molar-refractivity contribution < 1.29 is 5.11 Å². The monoisotopic (exact) mass is 291 g/mol. The SMILES string of the molecule is OCC1CCCC1CNCc1cn[nH]c1-c1cccs1. The lowest BCUT2D eigenvalue weighted by Crippen LogP contribution is -2.26. The Hall–Kier alpha value is -1.17. The van der Waals surface area contributed by atoms with Gasteiger partial charge in [0.2, 0.25) is 0 Å². The summed E-state index contributed by atoms with van der Waals surface area (Å²) in [6.45, 7) is 2.15. The molecule has 4 nitrogen and oxygen atoms in total. The zero-order valence-corrected chi connectivity index (χ0v) is 12.3. The van der Waals surface area contributed by atoms with Crippen molar-refractivity contribution in [2.24, 2.45) is 11.8 Å². The van der Waals surface area contributed by atoms with E-state index in [1.54, 1.807) is 11.3 Å². The van der Waals surface area contributed by atoms with E-state index in [1.165, 1.54) is 29.7 Å². The summed E-state index contributed by atoms with van der Waals surface area (Å²) in [4.78, 5) is 1.23. The molecule has 2 heterocycles. The fourth-order valence-corrected chi connectivity index (χ4v) is 3.85. The van der Waals surface area contributed by atoms with Gasteiger partial charge in [-0.3, -0.25) is 5.10 Å². The van der Waals surface area contributed by atoms with Crippen molar-refractivity contribution in [2.45, 2.75) is 25.8 Å². The van der Waals surface area contributed by atoms with Gasteiger partial charge in [-0.2, -0.15) is 5.10 Å². The highest BCUT2D eigenvalue weighted by Crippen LogP contribution is 2.31. The van der Waals surface area contributed by atoms with Crippen LogP contribution in [0, 0.1) is 11.8 Å². The van der Waals surface area contributed by atoms with E-state index in [0.29, 0.717) is 18.4 Å². The van der Waals surface area contributed by atoms with Gasteiger partial charge in [-0.1, -0.05) is 12.5 Å². The number of nitrogens with one attached hydrogen (secondary N) is 2. The normalized spacial score (nSPS) is 22.4. The summed E-state index contributed by atoms with van der Waals surface area (Å²) in [6.07, 6.45) is 5.57. The van der Waals surface area contributed by atoms with Crippen molar-refractivity contribution in [2.75, 3.05) is 13.2 Å². The maximum Gasteiger partial charge on any atom is 0.0794 e. The molecule has 0 bridgehead atoms. The molecule has 0 aromatic carbocycles. The molecule has 5 heteroatoms. The summed E-state index contributed by atoms with van der Waals surface area (Å²) in [5.74, 6) is 1.11. The van der Waals surface area contributed by atoms with E-state index < -0.39 is 0 Å². The highest BCUT2D eigenvalue weighted by atomic mass is 32.1. The van der Waals surface area contributed by atoms with Gasteiger partial charge in [-0.05, 0) is 42.7 Å². The largest absolute Gasteiger partial charge is 0.396 e. The number of rotatable bonds is 6. The van der Waals surface area contributed by atoms with E-state index in [1.807, 2.05) is 6.20 Å². The van der Waals surface area contributed by atoms with Crippen LogP contribution < -0.4 is 5.32 Å². The van der Waals surface area contributed by atoms with Gasteiger partial charge in [0.1, 0.15) is 0 Å². The van der Waals surface area contributed by atoms with E-state index >= 15 is 0 Å². The number of hydrogen-bond acceptors (Lipinski definition) is 4. The van der Waals surface area contributed by atoms with Gasteiger partial charge in [-0.25, -0.2) is 0 Å². The number of thiophene rings is 1. The lowest BCUT2D eigenvalue weighted by Gasteiger charge is -2.17. The molecule has 0 spiro atoms. The Morgan fingerprint density at radius 1 is 1.40 bits per heavy atom. The second-order valence-corrected chi connectivity index (χ2v) is 6.46. The Balaban J connectivity index is 1.56. The maximum absolute atomic E-state index is 9.35. The average Bonchev–Trinajstić information content (AvgIpc) is 3.20. The summed E-state index contributed by atoms with van der Waals surface area (Å²) in [6, 6.07) is 4.17. The number of nitrogens with zero attached hydrogens (tertiary/aromatic N) is 1. The summed E-state index contributed by atoms with van der Waals surface area (Å²) in [7, 11) is 0. The second-order valence-electron chi connectivity index (χ2n) is 5.51. The fraction of sp³-hybridized carbons (Fsp3) is 0.533. The molecule has 2 aromatic heterocycles. The summed E-state index contributed by atoms with van der Waals surface area (Å²) in [5.41, 5.74) is 2.34. The molecule has 2 aromatic rings. The van der Waals surface area contributed by atoms with Crippen LogP contribution in [0.5, 0.6) is 0 Å². The molecule has 1 aliphatic carbocycles. The standard InChI is InChI=1S/C15H21N3OS/c19-10-12-4-1-3-11(12)7-16-8-13-9-17-18-15(13)14-5-2-6-20-14/h2,5-6,9,11-12,16,19H,1,3-4,7-8,10H2,(H,17,18). The van der Waals surface area contributed by atoms with Crippen LogP contribution in [0.2, 0.25) is 0 Å². The van der Waals surface area contributed by atoms with Gasteiger partial charge < -0.3 is 10.4 Å². The summed E-state index contributed by atoms with van der Waals surface area (Å²) < 4.78 is 0. The van der Waals surface area contributed by atoms with Crippen molar-refractivity contribution in [3.8, 4) is 10.6 Å². The van der Waals surface area contributed by atoms with Crippen LogP contribution in [0.1, 0.15) is 24.8 Å². The minimum atomic E-state index is 0.332. The number of aromatic amines is 1. The summed E-state index contributed by atoms with van der Waals surface area (Å²) >= 11 is 1.73. The van der Waals surface area contributed by atoms with Crippen LogP contribution in [0.4, 0.5) is 0 Å². The first-order valence-corrected chi connectivity index (χ1v) is 8.14. The van der Waals surface area contributed by atoms with Crippen molar-refractivity contribution in [1.82, 2.24) is 15.5 Å². The van der Waals surface area contributed by atoms with Crippen molar-refractivity contribution in [3.63, 3.8) is 0 Å². The Morgan fingerprint density at radius 2 is 2.30 bits per heavy atom. The third kappa shape index (κ3) is 2.95. The van der Waals surface area contributed by atoms with Gasteiger partial charge in [0.15, 0.2) is 0 Å². The van der Waals surface area contributed by atoms with Crippen molar-refractivity contribution in [1.29, 1.82) is 0 Å². The van der Waals surface area contributed by atoms with Gasteiger partial charge >= 0.3 is 0 Å².